The van der Waals surface area contributed by atoms with Crippen LogP contribution in [0.4, 0.5) is 16.3 Å². The lowest BCUT2D eigenvalue weighted by Crippen LogP contribution is -2.44. The number of piperidine rings is 1. The van der Waals surface area contributed by atoms with E-state index < -0.39 is 0 Å². The zero-order valence-electron chi connectivity index (χ0n) is 19.2. The Morgan fingerprint density at radius 1 is 1.08 bits per heavy atom. The second-order valence-corrected chi connectivity index (χ2v) is 9.96. The molecule has 2 amide bonds. The minimum Gasteiger partial charge on any atom is -0.370 e. The minimum absolute atomic E-state index is 0.162. The summed E-state index contributed by atoms with van der Waals surface area (Å²) in [5.41, 5.74) is 3.16. The molecule has 1 unspecified atom stereocenters. The summed E-state index contributed by atoms with van der Waals surface area (Å²) < 4.78 is 1.69. The van der Waals surface area contributed by atoms with Crippen LogP contribution in [-0.2, 0) is 0 Å². The van der Waals surface area contributed by atoms with Gasteiger partial charge in [0.15, 0.2) is 5.65 Å². The smallest absolute Gasteiger partial charge is 0.321 e. The van der Waals surface area contributed by atoms with E-state index in [1.54, 1.807) is 28.9 Å². The number of nitrogens with one attached hydrogen (secondary N) is 2. The van der Waals surface area contributed by atoms with E-state index in [9.17, 15) is 4.79 Å². The molecule has 3 heterocycles. The first kappa shape index (κ1) is 24.7. The number of fused-ring (bicyclic) bond motifs is 1. The van der Waals surface area contributed by atoms with Crippen molar-refractivity contribution >= 4 is 71.3 Å². The van der Waals surface area contributed by atoms with Crippen molar-refractivity contribution < 1.29 is 4.79 Å². The molecule has 2 radical (unpaired) electrons. The summed E-state index contributed by atoms with van der Waals surface area (Å²) in [5, 5.41) is 12.2. The van der Waals surface area contributed by atoms with Crippen molar-refractivity contribution in [2.75, 3.05) is 30.3 Å². The van der Waals surface area contributed by atoms with Gasteiger partial charge in [-0.3, -0.25) is 0 Å². The molecule has 1 saturated heterocycles. The molecule has 2 aromatic carbocycles. The first-order valence-electron chi connectivity index (χ1n) is 11.5. The second kappa shape index (κ2) is 10.6. The average molecular weight is 540 g/mol. The van der Waals surface area contributed by atoms with E-state index >= 15 is 0 Å². The Bertz CT molecular complexity index is 1430. The fourth-order valence-electron chi connectivity index (χ4n) is 4.35. The molecule has 0 aliphatic carbocycles. The molecule has 1 fully saturated rings. The molecule has 4 aromatic rings. The summed E-state index contributed by atoms with van der Waals surface area (Å²) in [7, 11) is 6.13. The highest BCUT2D eigenvalue weighted by Gasteiger charge is 2.24. The number of carbonyl (C=O) groups excluding carboxylic acids is 1. The summed E-state index contributed by atoms with van der Waals surface area (Å²) in [4.78, 5) is 19.4. The molecule has 0 saturated carbocycles. The number of urea groups is 1. The fourth-order valence-corrected chi connectivity index (χ4v) is 4.88. The molecule has 2 N–H and O–H groups in total. The van der Waals surface area contributed by atoms with Crippen LogP contribution in [0.15, 0.2) is 54.7 Å². The fraction of sp³-hybridized carbons (Fsp3) is 0.240. The van der Waals surface area contributed by atoms with Crippen LogP contribution in [-0.4, -0.2) is 53.0 Å². The van der Waals surface area contributed by atoms with Gasteiger partial charge in [0.2, 0.25) is 0 Å². The molecule has 11 heteroatoms. The predicted molar refractivity (Wildman–Crippen MR) is 147 cm³/mol. The number of hydrogen-bond donors (Lipinski definition) is 2. The number of anilines is 2. The molecule has 182 valence electrons. The predicted octanol–water partition coefficient (Wildman–Crippen LogP) is 5.51. The maximum Gasteiger partial charge on any atom is 0.321 e. The van der Waals surface area contributed by atoms with Crippen molar-refractivity contribution in [1.29, 1.82) is 0 Å². The Labute approximate surface area is 225 Å². The lowest BCUT2D eigenvalue weighted by Gasteiger charge is -2.33. The van der Waals surface area contributed by atoms with E-state index in [0.29, 0.717) is 57.2 Å². The summed E-state index contributed by atoms with van der Waals surface area (Å²) in [6.07, 6.45) is 3.49. The van der Waals surface area contributed by atoms with Crippen LogP contribution in [0, 0.1) is 5.92 Å². The third-order valence-electron chi connectivity index (χ3n) is 6.20. The molecule has 0 spiro atoms. The average Bonchev–Trinajstić information content (AvgIpc) is 3.26. The van der Waals surface area contributed by atoms with Gasteiger partial charge in [0, 0.05) is 48.2 Å². The number of rotatable bonds is 5. The molecule has 7 nitrogen and oxygen atoms in total. The Balaban J connectivity index is 1.30. The minimum atomic E-state index is -0.162. The third kappa shape index (κ3) is 5.26. The number of aromatic nitrogens is 3. The van der Waals surface area contributed by atoms with E-state index in [1.807, 2.05) is 35.2 Å². The summed E-state index contributed by atoms with van der Waals surface area (Å²) >= 11 is 18.5. The lowest BCUT2D eigenvalue weighted by molar-refractivity contribution is 0.180. The van der Waals surface area contributed by atoms with Crippen molar-refractivity contribution in [2.45, 2.75) is 12.8 Å². The number of halogens is 3. The number of amides is 2. The number of hydrogen-bond acceptors (Lipinski definition) is 4. The van der Waals surface area contributed by atoms with Crippen LogP contribution in [0.1, 0.15) is 12.8 Å². The van der Waals surface area contributed by atoms with Crippen LogP contribution >= 0.6 is 34.8 Å². The maximum atomic E-state index is 12.9. The molecule has 1 atom stereocenters. The molecule has 5 rings (SSSR count). The highest BCUT2D eigenvalue weighted by Crippen LogP contribution is 2.29. The first-order valence-corrected chi connectivity index (χ1v) is 12.7. The summed E-state index contributed by atoms with van der Waals surface area (Å²) in [6, 6.07) is 14.3. The van der Waals surface area contributed by atoms with Crippen molar-refractivity contribution in [1.82, 2.24) is 19.5 Å². The van der Waals surface area contributed by atoms with E-state index in [-0.39, 0.29) is 11.9 Å². The zero-order valence-corrected chi connectivity index (χ0v) is 21.5. The maximum absolute atomic E-state index is 12.9. The van der Waals surface area contributed by atoms with E-state index in [4.69, 9.17) is 42.6 Å². The zero-order chi connectivity index (χ0) is 25.2. The van der Waals surface area contributed by atoms with Gasteiger partial charge in [-0.1, -0.05) is 53.0 Å². The Hall–Kier alpha value is -2.94. The third-order valence-corrected chi connectivity index (χ3v) is 7.27. The Kier molecular flexibility index (Phi) is 7.28. The molecular formula is C25H22BCl3N6O. The van der Waals surface area contributed by atoms with Gasteiger partial charge in [0.25, 0.3) is 0 Å². The van der Waals surface area contributed by atoms with Gasteiger partial charge < -0.3 is 15.5 Å². The molecule has 36 heavy (non-hydrogen) atoms. The van der Waals surface area contributed by atoms with Crippen LogP contribution in [0.5, 0.6) is 0 Å². The van der Waals surface area contributed by atoms with Gasteiger partial charge in [-0.25, -0.2) is 9.78 Å². The molecular weight excluding hydrogens is 517 g/mol. The van der Waals surface area contributed by atoms with Crippen LogP contribution in [0.2, 0.25) is 15.1 Å². The summed E-state index contributed by atoms with van der Waals surface area (Å²) in [5.74, 6) is 1.00. The van der Waals surface area contributed by atoms with Crippen molar-refractivity contribution in [2.24, 2.45) is 5.92 Å². The largest absolute Gasteiger partial charge is 0.370 e. The topological polar surface area (TPSA) is 74.6 Å². The van der Waals surface area contributed by atoms with Gasteiger partial charge >= 0.3 is 6.03 Å². The second-order valence-electron chi connectivity index (χ2n) is 8.74. The van der Waals surface area contributed by atoms with Gasteiger partial charge in [-0.15, -0.1) is 0 Å². The standard InChI is InChI=1S/C25H22BCl3N6O/c26-18-13-31-35-23(11-22(33-24(18)35)17-5-1-2-6-19(17)27)30-12-15-4-3-9-34(14-15)25(36)32-16-7-8-20(28)21(29)10-16/h1-2,5-8,10-11,13,15,30H,3-4,9,12,14H2,(H,32,36). The van der Waals surface area contributed by atoms with Crippen molar-refractivity contribution in [3.8, 4) is 11.3 Å². The van der Waals surface area contributed by atoms with E-state index in [1.165, 1.54) is 0 Å². The molecule has 2 aromatic heterocycles. The highest BCUT2D eigenvalue weighted by molar-refractivity contribution is 6.42. The van der Waals surface area contributed by atoms with Gasteiger partial charge in [-0.2, -0.15) is 9.61 Å². The number of carbonyl (C=O) groups is 1. The SMILES string of the molecule is [B]c1cnn2c(NCC3CCCN(C(=O)Nc4ccc(Cl)c(Cl)c4)C3)cc(-c3ccccc3Cl)nc12. The van der Waals surface area contributed by atoms with Crippen LogP contribution in [0.3, 0.4) is 0 Å². The quantitative estimate of drug-likeness (QED) is 0.328. The molecule has 1 aliphatic heterocycles. The van der Waals surface area contributed by atoms with E-state index in [0.717, 1.165) is 24.2 Å². The Morgan fingerprint density at radius 2 is 1.92 bits per heavy atom. The van der Waals surface area contributed by atoms with Crippen LogP contribution < -0.4 is 16.1 Å². The van der Waals surface area contributed by atoms with Gasteiger partial charge in [-0.05, 0) is 48.5 Å². The first-order chi connectivity index (χ1) is 17.4. The lowest BCUT2D eigenvalue weighted by atomic mass is 9.98. The van der Waals surface area contributed by atoms with Gasteiger partial charge in [0.1, 0.15) is 13.7 Å². The van der Waals surface area contributed by atoms with E-state index in [2.05, 4.69) is 20.7 Å². The Morgan fingerprint density at radius 3 is 2.72 bits per heavy atom. The van der Waals surface area contributed by atoms with Crippen LogP contribution in [0.25, 0.3) is 16.9 Å². The van der Waals surface area contributed by atoms with Gasteiger partial charge in [0.05, 0.1) is 15.7 Å². The normalized spacial score (nSPS) is 15.8. The number of benzene rings is 2. The highest BCUT2D eigenvalue weighted by atomic mass is 35.5. The molecule has 0 bridgehead atoms. The van der Waals surface area contributed by atoms with Crippen molar-refractivity contribution in [3.63, 3.8) is 0 Å². The number of nitrogens with zero attached hydrogens (tertiary/aromatic N) is 4. The number of likely N-dealkylation sites (tertiary alicyclic amines) is 1. The monoisotopic (exact) mass is 538 g/mol. The van der Waals surface area contributed by atoms with Crippen molar-refractivity contribution in [3.05, 3.63) is 69.8 Å². The molecule has 1 aliphatic rings. The summed E-state index contributed by atoms with van der Waals surface area (Å²) in [6.45, 7) is 1.96.